The molecule has 1 aliphatic rings. The van der Waals surface area contributed by atoms with Gasteiger partial charge in [-0.05, 0) is 66.8 Å². The van der Waals surface area contributed by atoms with Crippen LogP contribution < -0.4 is 4.74 Å². The Balaban J connectivity index is 1.89. The second kappa shape index (κ2) is 8.80. The minimum atomic E-state index is -3.52. The van der Waals surface area contributed by atoms with E-state index in [1.165, 1.54) is 6.08 Å². The van der Waals surface area contributed by atoms with Crippen molar-refractivity contribution in [1.82, 2.24) is 0 Å². The molecule has 0 amide bonds. The number of carboxylic acids is 1. The lowest BCUT2D eigenvalue weighted by Crippen LogP contribution is -2.16. The minimum Gasteiger partial charge on any atom is -0.478 e. The van der Waals surface area contributed by atoms with E-state index in [9.17, 15) is 18.3 Å². The first-order valence-corrected chi connectivity index (χ1v) is 11.1. The summed E-state index contributed by atoms with van der Waals surface area (Å²) >= 11 is 0. The molecule has 3 rings (SSSR count). The summed E-state index contributed by atoms with van der Waals surface area (Å²) in [5.74, 6) is -0.635. The van der Waals surface area contributed by atoms with Crippen LogP contribution in [0.15, 0.2) is 52.9 Å². The predicted octanol–water partition coefficient (Wildman–Crippen LogP) is 4.15. The van der Waals surface area contributed by atoms with E-state index < -0.39 is 15.8 Å². The molecule has 0 radical (unpaired) electrons. The molecule has 0 spiro atoms. The normalized spacial score (nSPS) is 16.3. The number of ether oxygens (including phenoxy) is 2. The van der Waals surface area contributed by atoms with Gasteiger partial charge in [0, 0.05) is 5.57 Å². The molecule has 1 unspecified atom stereocenters. The summed E-state index contributed by atoms with van der Waals surface area (Å²) in [5, 5.41) is 9.31. The van der Waals surface area contributed by atoms with Gasteiger partial charge in [0.05, 0.1) is 17.3 Å². The lowest BCUT2D eigenvalue weighted by molar-refractivity contribution is -0.132. The van der Waals surface area contributed by atoms with Crippen LogP contribution in [0.2, 0.25) is 0 Å². The monoisotopic (exact) mass is 416 g/mol. The van der Waals surface area contributed by atoms with E-state index in [0.29, 0.717) is 17.9 Å². The highest BCUT2D eigenvalue weighted by atomic mass is 32.2. The summed E-state index contributed by atoms with van der Waals surface area (Å²) < 4.78 is 36.2. The van der Waals surface area contributed by atoms with E-state index in [1.54, 1.807) is 18.2 Å². The van der Waals surface area contributed by atoms with Crippen molar-refractivity contribution in [2.45, 2.75) is 37.9 Å². The van der Waals surface area contributed by atoms with Crippen molar-refractivity contribution in [3.05, 3.63) is 53.6 Å². The molecule has 0 fully saturated rings. The van der Waals surface area contributed by atoms with E-state index in [1.807, 2.05) is 38.1 Å². The van der Waals surface area contributed by atoms with Gasteiger partial charge in [-0.1, -0.05) is 25.1 Å². The summed E-state index contributed by atoms with van der Waals surface area (Å²) in [4.78, 5) is 11.6. The van der Waals surface area contributed by atoms with Gasteiger partial charge in [-0.2, -0.15) is 0 Å². The molecule has 1 atom stereocenters. The third kappa shape index (κ3) is 5.05. The number of carbonyl (C=O) groups is 1. The van der Waals surface area contributed by atoms with Crippen LogP contribution in [0, 0.1) is 0 Å². The van der Waals surface area contributed by atoms with Crippen molar-refractivity contribution in [1.29, 1.82) is 0 Å². The highest BCUT2D eigenvalue weighted by Gasteiger charge is 2.24. The molecular formula is C22H24O6S. The van der Waals surface area contributed by atoms with Crippen LogP contribution >= 0.6 is 0 Å². The van der Waals surface area contributed by atoms with Gasteiger partial charge in [-0.3, -0.25) is 0 Å². The van der Waals surface area contributed by atoms with Gasteiger partial charge in [0.1, 0.15) is 5.75 Å². The molecule has 0 saturated heterocycles. The first-order chi connectivity index (χ1) is 13.8. The number of rotatable bonds is 7. The van der Waals surface area contributed by atoms with Gasteiger partial charge in [0.2, 0.25) is 0 Å². The van der Waals surface area contributed by atoms with Gasteiger partial charge in [0.15, 0.2) is 16.1 Å². The fourth-order valence-corrected chi connectivity index (χ4v) is 4.60. The van der Waals surface area contributed by atoms with E-state index in [-0.39, 0.29) is 28.9 Å². The fourth-order valence-electron chi connectivity index (χ4n) is 3.14. The van der Waals surface area contributed by atoms with E-state index >= 15 is 0 Å². The van der Waals surface area contributed by atoms with Crippen molar-refractivity contribution in [3.63, 3.8) is 0 Å². The first-order valence-electron chi connectivity index (χ1n) is 9.49. The second-order valence-corrected chi connectivity index (χ2v) is 8.95. The van der Waals surface area contributed by atoms with E-state index in [4.69, 9.17) is 9.47 Å². The van der Waals surface area contributed by atoms with Gasteiger partial charge in [0.25, 0.3) is 0 Å². The standard InChI is InChI=1S/C22H24O6S/c1-3-11-27-15(2)28-20-7-4-16(5-8-20)17-6-9-21-19(13-17)14-18(22(23)24)10-12-29(21,25)26/h4-9,13-15H,3,10-12H2,1-2H3,(H,23,24). The second-order valence-electron chi connectivity index (χ2n) is 6.88. The number of hydrogen-bond donors (Lipinski definition) is 1. The number of carboxylic acid groups (broad SMARTS) is 1. The fraction of sp³-hybridized carbons (Fsp3) is 0.318. The Morgan fingerprint density at radius 1 is 1.14 bits per heavy atom. The molecule has 2 aromatic carbocycles. The Labute approximate surface area is 170 Å². The predicted molar refractivity (Wildman–Crippen MR) is 110 cm³/mol. The molecule has 0 aliphatic carbocycles. The van der Waals surface area contributed by atoms with Crippen LogP contribution in [0.25, 0.3) is 17.2 Å². The van der Waals surface area contributed by atoms with Crippen LogP contribution in [-0.4, -0.2) is 38.1 Å². The average Bonchev–Trinajstić information content (AvgIpc) is 2.82. The molecule has 7 heteroatoms. The summed E-state index contributed by atoms with van der Waals surface area (Å²) in [6.45, 7) is 4.49. The quantitative estimate of drug-likeness (QED) is 0.682. The third-order valence-corrected chi connectivity index (χ3v) is 6.42. The zero-order valence-electron chi connectivity index (χ0n) is 16.4. The van der Waals surface area contributed by atoms with Crippen LogP contribution in [0.4, 0.5) is 0 Å². The van der Waals surface area contributed by atoms with E-state index in [2.05, 4.69) is 0 Å². The summed E-state index contributed by atoms with van der Waals surface area (Å²) in [5.41, 5.74) is 2.16. The smallest absolute Gasteiger partial charge is 0.331 e. The molecule has 1 aliphatic heterocycles. The number of benzene rings is 2. The van der Waals surface area contributed by atoms with Crippen LogP contribution in [0.3, 0.4) is 0 Å². The maximum atomic E-state index is 12.5. The SMILES string of the molecule is CCCOC(C)Oc1ccc(-c2ccc3c(c2)C=C(C(=O)O)CCS3(=O)=O)cc1. The number of sulfone groups is 1. The van der Waals surface area contributed by atoms with Crippen molar-refractivity contribution in [3.8, 4) is 16.9 Å². The molecule has 6 nitrogen and oxygen atoms in total. The molecule has 0 bridgehead atoms. The molecule has 29 heavy (non-hydrogen) atoms. The molecule has 1 heterocycles. The third-order valence-electron chi connectivity index (χ3n) is 4.64. The average molecular weight is 416 g/mol. The van der Waals surface area contributed by atoms with Gasteiger partial charge in [-0.15, -0.1) is 0 Å². The van der Waals surface area contributed by atoms with Crippen LogP contribution in [0.1, 0.15) is 32.3 Å². The maximum absolute atomic E-state index is 12.5. The van der Waals surface area contributed by atoms with Crippen LogP contribution in [-0.2, 0) is 19.4 Å². The van der Waals surface area contributed by atoms with Gasteiger partial charge in [-0.25, -0.2) is 13.2 Å². The maximum Gasteiger partial charge on any atom is 0.331 e. The van der Waals surface area contributed by atoms with E-state index in [0.717, 1.165) is 17.5 Å². The molecule has 1 N–H and O–H groups in total. The van der Waals surface area contributed by atoms with Gasteiger partial charge >= 0.3 is 5.97 Å². The summed E-state index contributed by atoms with van der Waals surface area (Å²) in [6.07, 6.45) is 2.01. The van der Waals surface area contributed by atoms with Gasteiger partial charge < -0.3 is 14.6 Å². The molecular weight excluding hydrogens is 392 g/mol. The van der Waals surface area contributed by atoms with Crippen LogP contribution in [0.5, 0.6) is 5.75 Å². The van der Waals surface area contributed by atoms with Crippen molar-refractivity contribution in [2.24, 2.45) is 0 Å². The highest BCUT2D eigenvalue weighted by Crippen LogP contribution is 2.31. The molecule has 2 aromatic rings. The Morgan fingerprint density at radius 2 is 1.83 bits per heavy atom. The molecule has 0 saturated carbocycles. The highest BCUT2D eigenvalue weighted by molar-refractivity contribution is 7.91. The summed E-state index contributed by atoms with van der Waals surface area (Å²) in [6, 6.07) is 12.4. The topological polar surface area (TPSA) is 89.9 Å². The van der Waals surface area contributed by atoms with Crippen molar-refractivity contribution in [2.75, 3.05) is 12.4 Å². The largest absolute Gasteiger partial charge is 0.478 e. The Kier molecular flexibility index (Phi) is 6.39. The zero-order valence-corrected chi connectivity index (χ0v) is 17.2. The lowest BCUT2D eigenvalue weighted by atomic mass is 10.0. The Morgan fingerprint density at radius 3 is 2.48 bits per heavy atom. The molecule has 154 valence electrons. The molecule has 0 aromatic heterocycles. The number of aliphatic carboxylic acids is 1. The number of fused-ring (bicyclic) bond motifs is 1. The lowest BCUT2D eigenvalue weighted by Gasteiger charge is -2.15. The number of hydrogen-bond acceptors (Lipinski definition) is 5. The Hall–Kier alpha value is -2.64. The van der Waals surface area contributed by atoms with Crippen molar-refractivity contribution >= 4 is 21.9 Å². The Bertz CT molecular complexity index is 1020. The van der Waals surface area contributed by atoms with Crippen molar-refractivity contribution < 1.29 is 27.8 Å². The zero-order chi connectivity index (χ0) is 21.0. The minimum absolute atomic E-state index is 0.00793. The summed E-state index contributed by atoms with van der Waals surface area (Å²) in [7, 11) is -3.52. The first kappa shape index (κ1) is 21.1.